The first-order valence-electron chi connectivity index (χ1n) is 6.90. The fourth-order valence-corrected chi connectivity index (χ4v) is 3.08. The topological polar surface area (TPSA) is 12.9 Å². The Morgan fingerprint density at radius 1 is 0.600 bits per heavy atom. The van der Waals surface area contributed by atoms with Crippen LogP contribution in [0.4, 0.5) is 0 Å². The Kier molecular flexibility index (Phi) is 2.31. The Morgan fingerprint density at radius 2 is 1.15 bits per heavy atom. The number of nitrogens with zero attached hydrogens (tertiary/aromatic N) is 1. The molecule has 0 aliphatic carbocycles. The van der Waals surface area contributed by atoms with Gasteiger partial charge in [0, 0.05) is 17.8 Å². The van der Waals surface area contributed by atoms with Crippen molar-refractivity contribution >= 4 is 32.3 Å². The second-order valence-corrected chi connectivity index (χ2v) is 5.52. The van der Waals surface area contributed by atoms with Crippen LogP contribution in [0.25, 0.3) is 32.3 Å². The monoisotopic (exact) mass is 257 g/mol. The molecule has 0 atom stereocenters. The average molecular weight is 257 g/mol. The summed E-state index contributed by atoms with van der Waals surface area (Å²) in [6, 6.07) is 15.5. The summed E-state index contributed by atoms with van der Waals surface area (Å²) in [4.78, 5) is 4.31. The summed E-state index contributed by atoms with van der Waals surface area (Å²) in [5.41, 5.74) is 2.59. The van der Waals surface area contributed by atoms with Crippen molar-refractivity contribution in [3.63, 3.8) is 0 Å². The molecule has 0 N–H and O–H groups in total. The smallest absolute Gasteiger partial charge is 0.0352 e. The van der Waals surface area contributed by atoms with Crippen LogP contribution in [0.5, 0.6) is 0 Å². The molecule has 1 aromatic heterocycles. The van der Waals surface area contributed by atoms with E-state index < -0.39 is 0 Å². The van der Waals surface area contributed by atoms with Crippen molar-refractivity contribution in [2.24, 2.45) is 0 Å². The van der Waals surface area contributed by atoms with E-state index in [1.54, 1.807) is 0 Å². The average Bonchev–Trinajstić information content (AvgIpc) is 2.47. The molecule has 1 heterocycles. The summed E-state index contributed by atoms with van der Waals surface area (Å²) >= 11 is 0. The number of aromatic nitrogens is 1. The molecule has 0 radical (unpaired) electrons. The van der Waals surface area contributed by atoms with Gasteiger partial charge in [-0.2, -0.15) is 0 Å². The molecule has 4 rings (SSSR count). The molecular formula is C19H15N. The zero-order chi connectivity index (χ0) is 13.7. The van der Waals surface area contributed by atoms with Crippen LogP contribution in [0, 0.1) is 13.8 Å². The molecule has 0 fully saturated rings. The normalized spacial score (nSPS) is 11.5. The van der Waals surface area contributed by atoms with E-state index in [4.69, 9.17) is 0 Å². The van der Waals surface area contributed by atoms with Crippen molar-refractivity contribution in [1.82, 2.24) is 4.98 Å². The second kappa shape index (κ2) is 4.04. The molecule has 0 amide bonds. The van der Waals surface area contributed by atoms with Crippen LogP contribution in [0.2, 0.25) is 0 Å². The Bertz CT molecular complexity index is 887. The van der Waals surface area contributed by atoms with Gasteiger partial charge in [-0.15, -0.1) is 0 Å². The summed E-state index contributed by atoms with van der Waals surface area (Å²) in [7, 11) is 0. The number of fused-ring (bicyclic) bond motifs is 6. The first-order valence-corrected chi connectivity index (χ1v) is 6.90. The molecule has 3 aromatic carbocycles. The van der Waals surface area contributed by atoms with Crippen LogP contribution in [0.15, 0.2) is 54.9 Å². The van der Waals surface area contributed by atoms with Crippen LogP contribution in [0.3, 0.4) is 0 Å². The van der Waals surface area contributed by atoms with Gasteiger partial charge in [-0.3, -0.25) is 4.98 Å². The van der Waals surface area contributed by atoms with E-state index in [0.717, 1.165) is 0 Å². The van der Waals surface area contributed by atoms with Gasteiger partial charge in [0.25, 0.3) is 0 Å². The fraction of sp³-hybridized carbons (Fsp3) is 0.105. The zero-order valence-corrected chi connectivity index (χ0v) is 11.6. The van der Waals surface area contributed by atoms with Gasteiger partial charge in [-0.05, 0) is 46.8 Å². The maximum absolute atomic E-state index is 4.31. The molecule has 0 aliphatic heterocycles. The summed E-state index contributed by atoms with van der Waals surface area (Å²) in [6.45, 7) is 4.30. The summed E-state index contributed by atoms with van der Waals surface area (Å²) in [5.74, 6) is 0. The molecule has 1 nitrogen and oxygen atoms in total. The third-order valence-corrected chi connectivity index (χ3v) is 4.04. The van der Waals surface area contributed by atoms with E-state index in [9.17, 15) is 0 Å². The highest BCUT2D eigenvalue weighted by atomic mass is 14.6. The third-order valence-electron chi connectivity index (χ3n) is 4.04. The number of benzene rings is 3. The van der Waals surface area contributed by atoms with Crippen molar-refractivity contribution in [2.75, 3.05) is 0 Å². The summed E-state index contributed by atoms with van der Waals surface area (Å²) in [6.07, 6.45) is 3.86. The number of hydrogen-bond acceptors (Lipinski definition) is 1. The molecule has 20 heavy (non-hydrogen) atoms. The van der Waals surface area contributed by atoms with E-state index in [-0.39, 0.29) is 0 Å². The minimum absolute atomic E-state index is 1.24. The van der Waals surface area contributed by atoms with Crippen molar-refractivity contribution in [1.29, 1.82) is 0 Å². The van der Waals surface area contributed by atoms with Crippen LogP contribution in [0.1, 0.15) is 11.1 Å². The Morgan fingerprint density at radius 3 is 1.80 bits per heavy atom. The third kappa shape index (κ3) is 1.53. The predicted octanol–water partition coefficient (Wildman–Crippen LogP) is 5.16. The summed E-state index contributed by atoms with van der Waals surface area (Å²) in [5, 5.41) is 7.78. The Hall–Kier alpha value is -2.41. The molecule has 0 spiro atoms. The van der Waals surface area contributed by atoms with E-state index >= 15 is 0 Å². The molecule has 1 heteroatoms. The van der Waals surface area contributed by atoms with Gasteiger partial charge in [0.1, 0.15) is 0 Å². The number of pyridine rings is 1. The summed E-state index contributed by atoms with van der Waals surface area (Å²) < 4.78 is 0. The standard InChI is InChI=1S/C19H15N/c1-12-3-5-14-16-7-8-20-11-19(16)15-6-4-13(2)10-18(15)17(14)9-12/h3-11H,1-2H3. The Labute approximate surface area is 117 Å². The first-order chi connectivity index (χ1) is 9.74. The van der Waals surface area contributed by atoms with Crippen molar-refractivity contribution in [3.8, 4) is 0 Å². The van der Waals surface area contributed by atoms with Crippen molar-refractivity contribution < 1.29 is 0 Å². The van der Waals surface area contributed by atoms with E-state index in [1.807, 2.05) is 12.4 Å². The molecular weight excluding hydrogens is 242 g/mol. The lowest BCUT2D eigenvalue weighted by molar-refractivity contribution is 1.37. The van der Waals surface area contributed by atoms with Crippen LogP contribution in [-0.4, -0.2) is 4.98 Å². The molecule has 0 saturated carbocycles. The van der Waals surface area contributed by atoms with E-state index in [0.29, 0.717) is 0 Å². The fourth-order valence-electron chi connectivity index (χ4n) is 3.08. The van der Waals surface area contributed by atoms with Gasteiger partial charge in [0.15, 0.2) is 0 Å². The SMILES string of the molecule is Cc1ccc2c3ccncc3c3ccc(C)cc3c2c1. The van der Waals surface area contributed by atoms with Gasteiger partial charge < -0.3 is 0 Å². The number of aryl methyl sites for hydroxylation is 2. The zero-order valence-electron chi connectivity index (χ0n) is 11.6. The highest BCUT2D eigenvalue weighted by molar-refractivity contribution is 6.25. The predicted molar refractivity (Wildman–Crippen MR) is 86.2 cm³/mol. The van der Waals surface area contributed by atoms with Gasteiger partial charge >= 0.3 is 0 Å². The lowest BCUT2D eigenvalue weighted by Gasteiger charge is -2.11. The maximum atomic E-state index is 4.31. The van der Waals surface area contributed by atoms with Crippen LogP contribution in [-0.2, 0) is 0 Å². The molecule has 0 unspecified atom stereocenters. The first kappa shape index (κ1) is 11.4. The minimum atomic E-state index is 1.24. The lowest BCUT2D eigenvalue weighted by Crippen LogP contribution is -1.86. The lowest BCUT2D eigenvalue weighted by atomic mass is 9.93. The number of hydrogen-bond donors (Lipinski definition) is 0. The molecule has 4 aromatic rings. The largest absolute Gasteiger partial charge is 0.264 e. The molecule has 0 aliphatic rings. The second-order valence-electron chi connectivity index (χ2n) is 5.52. The van der Waals surface area contributed by atoms with Crippen molar-refractivity contribution in [3.05, 3.63) is 66.0 Å². The van der Waals surface area contributed by atoms with Gasteiger partial charge in [-0.1, -0.05) is 47.5 Å². The van der Waals surface area contributed by atoms with E-state index in [2.05, 4.69) is 61.3 Å². The van der Waals surface area contributed by atoms with E-state index in [1.165, 1.54) is 43.4 Å². The molecule has 0 bridgehead atoms. The number of rotatable bonds is 0. The van der Waals surface area contributed by atoms with Gasteiger partial charge in [0.05, 0.1) is 0 Å². The van der Waals surface area contributed by atoms with Gasteiger partial charge in [-0.25, -0.2) is 0 Å². The highest BCUT2D eigenvalue weighted by Crippen LogP contribution is 2.35. The quantitative estimate of drug-likeness (QED) is 0.397. The Balaban J connectivity index is 2.41. The highest BCUT2D eigenvalue weighted by Gasteiger charge is 2.08. The minimum Gasteiger partial charge on any atom is -0.264 e. The molecule has 96 valence electrons. The maximum Gasteiger partial charge on any atom is 0.0352 e. The van der Waals surface area contributed by atoms with Crippen molar-refractivity contribution in [2.45, 2.75) is 13.8 Å². The molecule has 0 saturated heterocycles. The van der Waals surface area contributed by atoms with Crippen LogP contribution < -0.4 is 0 Å². The van der Waals surface area contributed by atoms with Crippen LogP contribution >= 0.6 is 0 Å². The van der Waals surface area contributed by atoms with Gasteiger partial charge in [0.2, 0.25) is 0 Å².